The molecule has 1 amide bonds. The lowest BCUT2D eigenvalue weighted by atomic mass is 9.92. The third kappa shape index (κ3) is 3.49. The Morgan fingerprint density at radius 1 is 1.18 bits per heavy atom. The molecule has 0 spiro atoms. The number of rotatable bonds is 5. The molecule has 8 heteroatoms. The van der Waals surface area contributed by atoms with Crippen molar-refractivity contribution in [2.45, 2.75) is 25.2 Å². The number of benzene rings is 1. The van der Waals surface area contributed by atoms with E-state index in [1.54, 1.807) is 26.6 Å². The lowest BCUT2D eigenvalue weighted by molar-refractivity contribution is -0.131. The minimum Gasteiger partial charge on any atom is -0.497 e. The number of nitrogens with zero attached hydrogens (tertiary/aromatic N) is 4. The van der Waals surface area contributed by atoms with Crippen LogP contribution in [0.4, 0.5) is 0 Å². The van der Waals surface area contributed by atoms with Crippen LogP contribution in [0.25, 0.3) is 11.2 Å². The second-order valence-corrected chi connectivity index (χ2v) is 6.88. The van der Waals surface area contributed by atoms with E-state index in [0.717, 1.165) is 35.4 Å². The monoisotopic (exact) mass is 381 g/mol. The Kier molecular flexibility index (Phi) is 5.10. The number of methoxy groups -OCH3 is 2. The number of hydrogen-bond donors (Lipinski definition) is 1. The Bertz CT molecular complexity index is 979. The molecule has 146 valence electrons. The van der Waals surface area contributed by atoms with E-state index in [1.165, 1.54) is 0 Å². The zero-order valence-corrected chi connectivity index (χ0v) is 16.0. The molecule has 4 rings (SSSR count). The zero-order chi connectivity index (χ0) is 19.5. The maximum atomic E-state index is 12.8. The molecule has 3 heterocycles. The highest BCUT2D eigenvalue weighted by atomic mass is 16.5. The van der Waals surface area contributed by atoms with Gasteiger partial charge in [-0.15, -0.1) is 0 Å². The topological polar surface area (TPSA) is 93.2 Å². The highest BCUT2D eigenvalue weighted by molar-refractivity contribution is 5.80. The number of nitrogens with one attached hydrogen (secondary N) is 1. The summed E-state index contributed by atoms with van der Waals surface area (Å²) in [6.45, 7) is 1.41. The molecule has 28 heavy (non-hydrogen) atoms. The van der Waals surface area contributed by atoms with Gasteiger partial charge in [-0.3, -0.25) is 9.89 Å². The van der Waals surface area contributed by atoms with E-state index in [-0.39, 0.29) is 5.91 Å². The smallest absolute Gasteiger partial charge is 0.227 e. The first kappa shape index (κ1) is 18.2. The predicted molar refractivity (Wildman–Crippen MR) is 103 cm³/mol. The Morgan fingerprint density at radius 3 is 2.71 bits per heavy atom. The Balaban J connectivity index is 1.42. The van der Waals surface area contributed by atoms with Crippen LogP contribution < -0.4 is 9.47 Å². The molecule has 1 N–H and O–H groups in total. The molecule has 1 fully saturated rings. The van der Waals surface area contributed by atoms with E-state index in [9.17, 15) is 4.79 Å². The molecule has 2 aromatic heterocycles. The Labute approximate surface area is 162 Å². The zero-order valence-electron chi connectivity index (χ0n) is 16.0. The largest absolute Gasteiger partial charge is 0.497 e. The highest BCUT2D eigenvalue weighted by Crippen LogP contribution is 2.31. The van der Waals surface area contributed by atoms with Gasteiger partial charge in [0, 0.05) is 37.0 Å². The maximum absolute atomic E-state index is 12.8. The van der Waals surface area contributed by atoms with Crippen LogP contribution in [0.15, 0.2) is 30.6 Å². The fourth-order valence-electron chi connectivity index (χ4n) is 3.77. The minimum atomic E-state index is 0.0965. The van der Waals surface area contributed by atoms with Crippen LogP contribution in [-0.2, 0) is 11.2 Å². The number of aromatic nitrogens is 4. The minimum absolute atomic E-state index is 0.0965. The summed E-state index contributed by atoms with van der Waals surface area (Å²) in [5, 5.41) is 7.32. The normalized spacial score (nSPS) is 15.0. The van der Waals surface area contributed by atoms with Gasteiger partial charge in [-0.2, -0.15) is 5.10 Å². The van der Waals surface area contributed by atoms with Crippen LogP contribution in [0.2, 0.25) is 0 Å². The standard InChI is InChI=1S/C20H23N5O3/c1-27-15-3-4-16(28-2)14(11-15)12-17(26)25-9-5-13(6-10-25)18-19-20(24-23-18)22-8-7-21-19/h3-4,7-8,11,13H,5-6,9-10,12H2,1-2H3,(H,22,23,24). The molecule has 1 aromatic carbocycles. The van der Waals surface area contributed by atoms with E-state index < -0.39 is 0 Å². The van der Waals surface area contributed by atoms with Gasteiger partial charge in [-0.1, -0.05) is 0 Å². The molecule has 1 saturated heterocycles. The number of amides is 1. The second kappa shape index (κ2) is 7.84. The van der Waals surface area contributed by atoms with Gasteiger partial charge in [0.15, 0.2) is 5.65 Å². The van der Waals surface area contributed by atoms with Crippen molar-refractivity contribution < 1.29 is 14.3 Å². The van der Waals surface area contributed by atoms with Crippen molar-refractivity contribution in [1.29, 1.82) is 0 Å². The summed E-state index contributed by atoms with van der Waals surface area (Å²) >= 11 is 0. The number of ether oxygens (including phenoxy) is 2. The first-order valence-corrected chi connectivity index (χ1v) is 9.33. The van der Waals surface area contributed by atoms with Crippen molar-refractivity contribution in [3.63, 3.8) is 0 Å². The maximum Gasteiger partial charge on any atom is 0.227 e. The quantitative estimate of drug-likeness (QED) is 0.729. The highest BCUT2D eigenvalue weighted by Gasteiger charge is 2.27. The van der Waals surface area contributed by atoms with Crippen molar-refractivity contribution in [3.8, 4) is 11.5 Å². The summed E-state index contributed by atoms with van der Waals surface area (Å²) in [5.74, 6) is 1.82. The third-order valence-electron chi connectivity index (χ3n) is 5.30. The molecule has 3 aromatic rings. The molecule has 1 aliphatic heterocycles. The van der Waals surface area contributed by atoms with Crippen LogP contribution in [0.1, 0.15) is 30.0 Å². The van der Waals surface area contributed by atoms with E-state index in [1.807, 2.05) is 23.1 Å². The number of hydrogen-bond acceptors (Lipinski definition) is 6. The van der Waals surface area contributed by atoms with Crippen LogP contribution in [0.3, 0.4) is 0 Å². The van der Waals surface area contributed by atoms with Gasteiger partial charge in [0.2, 0.25) is 5.91 Å². The van der Waals surface area contributed by atoms with Crippen molar-refractivity contribution in [2.75, 3.05) is 27.3 Å². The van der Waals surface area contributed by atoms with E-state index in [2.05, 4.69) is 20.2 Å². The number of carbonyl (C=O) groups excluding carboxylic acids is 1. The van der Waals surface area contributed by atoms with E-state index in [0.29, 0.717) is 36.8 Å². The average Bonchev–Trinajstić information content (AvgIpc) is 3.18. The fourth-order valence-corrected chi connectivity index (χ4v) is 3.77. The van der Waals surface area contributed by atoms with E-state index in [4.69, 9.17) is 9.47 Å². The fraction of sp³-hybridized carbons (Fsp3) is 0.400. The molecule has 0 bridgehead atoms. The molecular formula is C20H23N5O3. The van der Waals surface area contributed by atoms with Crippen LogP contribution in [-0.4, -0.2) is 58.3 Å². The number of carbonyl (C=O) groups is 1. The van der Waals surface area contributed by atoms with Crippen molar-refractivity contribution in [2.24, 2.45) is 0 Å². The third-order valence-corrected chi connectivity index (χ3v) is 5.30. The van der Waals surface area contributed by atoms with Crippen molar-refractivity contribution in [3.05, 3.63) is 41.9 Å². The number of fused-ring (bicyclic) bond motifs is 1. The summed E-state index contributed by atoms with van der Waals surface area (Å²) in [6, 6.07) is 5.52. The number of aromatic amines is 1. The van der Waals surface area contributed by atoms with Gasteiger partial charge < -0.3 is 14.4 Å². The molecule has 0 atom stereocenters. The first-order valence-electron chi connectivity index (χ1n) is 9.33. The van der Waals surface area contributed by atoms with Gasteiger partial charge in [0.25, 0.3) is 0 Å². The number of likely N-dealkylation sites (tertiary alicyclic amines) is 1. The lowest BCUT2D eigenvalue weighted by Crippen LogP contribution is -2.39. The molecule has 0 radical (unpaired) electrons. The number of H-pyrrole nitrogens is 1. The van der Waals surface area contributed by atoms with Gasteiger partial charge in [0.1, 0.15) is 17.0 Å². The van der Waals surface area contributed by atoms with Crippen LogP contribution >= 0.6 is 0 Å². The summed E-state index contributed by atoms with van der Waals surface area (Å²) < 4.78 is 10.7. The van der Waals surface area contributed by atoms with Gasteiger partial charge in [0.05, 0.1) is 26.3 Å². The SMILES string of the molecule is COc1ccc(OC)c(CC(=O)N2CCC(c3[nH]nc4nccnc34)CC2)c1. The Morgan fingerprint density at radius 2 is 1.96 bits per heavy atom. The van der Waals surface area contributed by atoms with Crippen molar-refractivity contribution in [1.82, 2.24) is 25.1 Å². The molecule has 1 aliphatic rings. The van der Waals surface area contributed by atoms with Crippen LogP contribution in [0, 0.1) is 0 Å². The molecule has 8 nitrogen and oxygen atoms in total. The first-order chi connectivity index (χ1) is 13.7. The molecule has 0 saturated carbocycles. The summed E-state index contributed by atoms with van der Waals surface area (Å²) in [5.41, 5.74) is 3.32. The molecular weight excluding hydrogens is 358 g/mol. The van der Waals surface area contributed by atoms with Gasteiger partial charge >= 0.3 is 0 Å². The average molecular weight is 381 g/mol. The summed E-state index contributed by atoms with van der Waals surface area (Å²) in [7, 11) is 3.22. The predicted octanol–water partition coefficient (Wildman–Crippen LogP) is 2.32. The van der Waals surface area contributed by atoms with Gasteiger partial charge in [-0.05, 0) is 31.0 Å². The van der Waals surface area contributed by atoms with Crippen molar-refractivity contribution >= 4 is 17.1 Å². The molecule has 0 unspecified atom stereocenters. The van der Waals surface area contributed by atoms with Gasteiger partial charge in [-0.25, -0.2) is 9.97 Å². The van der Waals surface area contributed by atoms with Crippen LogP contribution in [0.5, 0.6) is 11.5 Å². The number of piperidine rings is 1. The molecule has 0 aliphatic carbocycles. The van der Waals surface area contributed by atoms with E-state index >= 15 is 0 Å². The lowest BCUT2D eigenvalue weighted by Gasteiger charge is -2.31. The Hall–Kier alpha value is -3.16. The summed E-state index contributed by atoms with van der Waals surface area (Å²) in [6.07, 6.45) is 5.36. The second-order valence-electron chi connectivity index (χ2n) is 6.88. The summed E-state index contributed by atoms with van der Waals surface area (Å²) in [4.78, 5) is 23.4.